The zero-order valence-corrected chi connectivity index (χ0v) is 15.2. The molecule has 0 saturated heterocycles. The van der Waals surface area contributed by atoms with Crippen LogP contribution in [-0.2, 0) is 4.74 Å². The first-order valence-corrected chi connectivity index (χ1v) is 8.72. The van der Waals surface area contributed by atoms with Gasteiger partial charge in [0.25, 0.3) is 0 Å². The summed E-state index contributed by atoms with van der Waals surface area (Å²) in [6.07, 6.45) is 0. The number of esters is 1. The van der Waals surface area contributed by atoms with Gasteiger partial charge >= 0.3 is 5.97 Å². The van der Waals surface area contributed by atoms with Gasteiger partial charge in [-0.1, -0.05) is 29.3 Å². The van der Waals surface area contributed by atoms with Gasteiger partial charge in [0.2, 0.25) is 5.95 Å². The molecule has 0 radical (unpaired) electrons. The van der Waals surface area contributed by atoms with Crippen molar-refractivity contribution in [3.63, 3.8) is 0 Å². The highest BCUT2D eigenvalue weighted by Gasteiger charge is 2.17. The number of ether oxygens (including phenoxy) is 1. The molecule has 5 nitrogen and oxygen atoms in total. The van der Waals surface area contributed by atoms with Crippen molar-refractivity contribution in [2.24, 2.45) is 0 Å². The van der Waals surface area contributed by atoms with Crippen LogP contribution in [0, 0.1) is 0 Å². The Bertz CT molecular complexity index is 927. The van der Waals surface area contributed by atoms with Crippen LogP contribution in [0.5, 0.6) is 0 Å². The number of aromatic nitrogens is 2. The number of nitrogens with zero attached hydrogens (tertiary/aromatic N) is 2. The van der Waals surface area contributed by atoms with Crippen molar-refractivity contribution < 1.29 is 9.53 Å². The van der Waals surface area contributed by atoms with Gasteiger partial charge in [-0.15, -0.1) is 11.3 Å². The molecule has 0 fully saturated rings. The summed E-state index contributed by atoms with van der Waals surface area (Å²) in [6, 6.07) is 7.03. The number of rotatable bonds is 4. The van der Waals surface area contributed by atoms with E-state index in [1.807, 2.05) is 6.07 Å². The van der Waals surface area contributed by atoms with E-state index >= 15 is 0 Å². The molecule has 2 aromatic heterocycles. The summed E-state index contributed by atoms with van der Waals surface area (Å²) in [5, 5.41) is 4.60. The number of halogens is 2. The summed E-state index contributed by atoms with van der Waals surface area (Å²) in [4.78, 5) is 22.1. The van der Waals surface area contributed by atoms with Gasteiger partial charge in [0.1, 0.15) is 9.71 Å². The maximum Gasteiger partial charge on any atom is 0.348 e. The van der Waals surface area contributed by atoms with E-state index in [1.54, 1.807) is 32.2 Å². The summed E-state index contributed by atoms with van der Waals surface area (Å²) in [5.74, 6) is 0.0902. The second kappa shape index (κ2) is 6.93. The molecular formula is C16H13Cl2N3O2S. The van der Waals surface area contributed by atoms with Gasteiger partial charge in [0, 0.05) is 18.0 Å². The van der Waals surface area contributed by atoms with Crippen molar-refractivity contribution in [1.82, 2.24) is 9.97 Å². The highest BCUT2D eigenvalue weighted by molar-refractivity contribution is 7.20. The second-order valence-corrected chi connectivity index (χ2v) is 6.67. The molecule has 8 heteroatoms. The Morgan fingerprint density at radius 1 is 1.25 bits per heavy atom. The monoisotopic (exact) mass is 381 g/mol. The predicted octanol–water partition coefficient (Wildman–Crippen LogP) is 4.88. The Morgan fingerprint density at radius 2 is 2.04 bits per heavy atom. The molecule has 1 aromatic carbocycles. The van der Waals surface area contributed by atoms with Gasteiger partial charge in [0.15, 0.2) is 0 Å². The lowest BCUT2D eigenvalue weighted by Gasteiger charge is -2.06. The Kier molecular flexibility index (Phi) is 4.89. The van der Waals surface area contributed by atoms with E-state index in [0.717, 1.165) is 10.9 Å². The van der Waals surface area contributed by atoms with Crippen LogP contribution < -0.4 is 5.32 Å². The van der Waals surface area contributed by atoms with E-state index in [9.17, 15) is 4.79 Å². The number of fused-ring (bicyclic) bond motifs is 1. The first kappa shape index (κ1) is 17.0. The standard InChI is InChI=1S/C16H13Cl2N3O2S/c1-3-23-15(22)12-7-9-13(8-4-5-10(17)11(18)6-8)20-16(19-2)21-14(9)24-12/h4-7H,3H2,1-2H3,(H,19,20,21). The maximum atomic E-state index is 12.0. The molecule has 3 rings (SSSR count). The first-order valence-electron chi connectivity index (χ1n) is 7.15. The zero-order valence-electron chi connectivity index (χ0n) is 12.9. The molecule has 0 saturated carbocycles. The summed E-state index contributed by atoms with van der Waals surface area (Å²) in [6.45, 7) is 2.09. The minimum atomic E-state index is -0.369. The SMILES string of the molecule is CCOC(=O)c1cc2c(-c3ccc(Cl)c(Cl)c3)nc(NC)nc2s1. The molecule has 24 heavy (non-hydrogen) atoms. The second-order valence-electron chi connectivity index (χ2n) is 4.82. The van der Waals surface area contributed by atoms with Crippen LogP contribution >= 0.6 is 34.5 Å². The number of carbonyl (C=O) groups excluding carboxylic acids is 1. The van der Waals surface area contributed by atoms with E-state index in [-0.39, 0.29) is 5.97 Å². The number of thiophene rings is 1. The highest BCUT2D eigenvalue weighted by Crippen LogP contribution is 2.35. The van der Waals surface area contributed by atoms with Gasteiger partial charge < -0.3 is 10.1 Å². The van der Waals surface area contributed by atoms with E-state index in [1.165, 1.54) is 11.3 Å². The number of carbonyl (C=O) groups is 1. The third-order valence-electron chi connectivity index (χ3n) is 3.29. The lowest BCUT2D eigenvalue weighted by Crippen LogP contribution is -2.01. The maximum absolute atomic E-state index is 12.0. The Hall–Kier alpha value is -1.89. The molecule has 0 aliphatic rings. The smallest absolute Gasteiger partial charge is 0.348 e. The van der Waals surface area contributed by atoms with Crippen LogP contribution in [-0.4, -0.2) is 29.6 Å². The third kappa shape index (κ3) is 3.17. The third-order valence-corrected chi connectivity index (χ3v) is 5.03. The Balaban J connectivity index is 2.21. The lowest BCUT2D eigenvalue weighted by atomic mass is 10.1. The lowest BCUT2D eigenvalue weighted by molar-refractivity contribution is 0.0532. The number of benzene rings is 1. The summed E-state index contributed by atoms with van der Waals surface area (Å²) in [5.41, 5.74) is 1.47. The number of anilines is 1. The molecule has 0 unspecified atom stereocenters. The van der Waals surface area contributed by atoms with Crippen LogP contribution in [0.2, 0.25) is 10.0 Å². The molecule has 1 N–H and O–H groups in total. The van der Waals surface area contributed by atoms with Crippen molar-refractivity contribution in [3.8, 4) is 11.3 Å². The van der Waals surface area contributed by atoms with Crippen LogP contribution in [0.25, 0.3) is 21.5 Å². The van der Waals surface area contributed by atoms with Gasteiger partial charge in [0.05, 0.1) is 22.3 Å². The number of hydrogen-bond donors (Lipinski definition) is 1. The van der Waals surface area contributed by atoms with E-state index in [2.05, 4.69) is 15.3 Å². The van der Waals surface area contributed by atoms with Crippen molar-refractivity contribution in [1.29, 1.82) is 0 Å². The average Bonchev–Trinajstić information content (AvgIpc) is 3.00. The fourth-order valence-electron chi connectivity index (χ4n) is 2.20. The molecule has 0 amide bonds. The van der Waals surface area contributed by atoms with Crippen molar-refractivity contribution in [2.45, 2.75) is 6.92 Å². The van der Waals surface area contributed by atoms with E-state index < -0.39 is 0 Å². The summed E-state index contributed by atoms with van der Waals surface area (Å²) in [7, 11) is 1.74. The molecule has 0 aliphatic heterocycles. The topological polar surface area (TPSA) is 64.1 Å². The van der Waals surface area contributed by atoms with Gasteiger partial charge in [-0.25, -0.2) is 14.8 Å². The molecule has 0 aliphatic carbocycles. The quantitative estimate of drug-likeness (QED) is 0.652. The number of hydrogen-bond acceptors (Lipinski definition) is 6. The fraction of sp³-hybridized carbons (Fsp3) is 0.188. The van der Waals surface area contributed by atoms with Gasteiger partial charge in [-0.05, 0) is 25.1 Å². The number of nitrogens with one attached hydrogen (secondary N) is 1. The van der Waals surface area contributed by atoms with Crippen LogP contribution in [0.1, 0.15) is 16.6 Å². The largest absolute Gasteiger partial charge is 0.462 e. The van der Waals surface area contributed by atoms with Crippen molar-refractivity contribution in [2.75, 3.05) is 19.0 Å². The fourth-order valence-corrected chi connectivity index (χ4v) is 3.42. The summed E-state index contributed by atoms with van der Waals surface area (Å²) < 4.78 is 5.06. The van der Waals surface area contributed by atoms with Crippen molar-refractivity contribution >= 4 is 56.7 Å². The first-order chi connectivity index (χ1) is 11.5. The Labute approximate surface area is 152 Å². The zero-order chi connectivity index (χ0) is 17.3. The molecular weight excluding hydrogens is 369 g/mol. The molecule has 2 heterocycles. The molecule has 124 valence electrons. The predicted molar refractivity (Wildman–Crippen MR) is 98.4 cm³/mol. The van der Waals surface area contributed by atoms with Crippen LogP contribution in [0.4, 0.5) is 5.95 Å². The Morgan fingerprint density at radius 3 is 2.71 bits per heavy atom. The molecule has 0 spiro atoms. The minimum absolute atomic E-state index is 0.320. The molecule has 0 atom stereocenters. The van der Waals surface area contributed by atoms with E-state index in [4.69, 9.17) is 27.9 Å². The van der Waals surface area contributed by atoms with Crippen LogP contribution in [0.3, 0.4) is 0 Å². The molecule has 3 aromatic rings. The highest BCUT2D eigenvalue weighted by atomic mass is 35.5. The normalized spacial score (nSPS) is 10.8. The van der Waals surface area contributed by atoms with Gasteiger partial charge in [-0.2, -0.15) is 0 Å². The average molecular weight is 382 g/mol. The van der Waals surface area contributed by atoms with Crippen molar-refractivity contribution in [3.05, 3.63) is 39.2 Å². The van der Waals surface area contributed by atoms with Crippen LogP contribution in [0.15, 0.2) is 24.3 Å². The summed E-state index contributed by atoms with van der Waals surface area (Å²) >= 11 is 13.4. The minimum Gasteiger partial charge on any atom is -0.462 e. The molecule has 0 bridgehead atoms. The van der Waals surface area contributed by atoms with E-state index in [0.29, 0.717) is 38.0 Å². The van der Waals surface area contributed by atoms with Gasteiger partial charge in [-0.3, -0.25) is 0 Å².